The van der Waals surface area contributed by atoms with Crippen molar-refractivity contribution in [2.24, 2.45) is 0 Å². The first-order valence-corrected chi connectivity index (χ1v) is 14.9. The molecule has 0 N–H and O–H groups in total. The van der Waals surface area contributed by atoms with Gasteiger partial charge in [-0.3, -0.25) is 4.18 Å². The summed E-state index contributed by atoms with van der Waals surface area (Å²) in [5.74, 6) is 0. The van der Waals surface area contributed by atoms with Gasteiger partial charge in [0.15, 0.2) is 0 Å². The van der Waals surface area contributed by atoms with Gasteiger partial charge in [0.05, 0.1) is 12.4 Å². The highest BCUT2D eigenvalue weighted by atomic mass is 32.2. The van der Waals surface area contributed by atoms with E-state index in [2.05, 4.69) is 85.8 Å². The molecule has 0 aromatic rings. The monoisotopic (exact) mass is 504 g/mol. The second-order valence-electron chi connectivity index (χ2n) is 10.5. The van der Waals surface area contributed by atoms with Gasteiger partial charge in [0.25, 0.3) is 10.1 Å². The Bertz CT molecular complexity index is 901. The Kier molecular flexibility index (Phi) is 17.7. The molecule has 0 spiro atoms. The number of hydrogen-bond acceptors (Lipinski definition) is 3. The van der Waals surface area contributed by atoms with E-state index in [0.717, 1.165) is 63.2 Å². The van der Waals surface area contributed by atoms with Gasteiger partial charge in [-0.2, -0.15) is 8.42 Å². The van der Waals surface area contributed by atoms with Crippen molar-refractivity contribution in [1.29, 1.82) is 0 Å². The molecule has 4 heteroatoms. The summed E-state index contributed by atoms with van der Waals surface area (Å²) in [4.78, 5) is 0. The van der Waals surface area contributed by atoms with Crippen molar-refractivity contribution in [3.63, 3.8) is 0 Å². The fraction of sp³-hybridized carbons (Fsp3) is 0.613. The van der Waals surface area contributed by atoms with E-state index in [0.29, 0.717) is 6.42 Å². The molecule has 0 aliphatic rings. The van der Waals surface area contributed by atoms with E-state index in [1.165, 1.54) is 27.9 Å². The maximum absolute atomic E-state index is 11.8. The molecular formula is C31H52O3S. The number of rotatable bonds is 17. The highest BCUT2D eigenvalue weighted by molar-refractivity contribution is 7.86. The van der Waals surface area contributed by atoms with Crippen LogP contribution in [0.2, 0.25) is 0 Å². The molecule has 0 heterocycles. The first-order chi connectivity index (χ1) is 16.3. The van der Waals surface area contributed by atoms with Crippen LogP contribution in [0.5, 0.6) is 0 Å². The zero-order chi connectivity index (χ0) is 26.9. The normalized spacial score (nSPS) is 14.7. The first kappa shape index (κ1) is 33.4. The Labute approximate surface area is 217 Å². The van der Waals surface area contributed by atoms with Crippen LogP contribution in [0.1, 0.15) is 113 Å². The third-order valence-corrected chi connectivity index (χ3v) is 6.31. The molecule has 0 radical (unpaired) electrons. The summed E-state index contributed by atoms with van der Waals surface area (Å²) in [7, 11) is -3.52. The number of allylic oxidation sites excluding steroid dienone is 10. The number of hydrogen-bond donors (Lipinski definition) is 0. The quantitative estimate of drug-likeness (QED) is 0.146. The van der Waals surface area contributed by atoms with Gasteiger partial charge in [-0.05, 0) is 113 Å². The summed E-state index contributed by atoms with van der Waals surface area (Å²) in [5.41, 5.74) is 7.98. The molecule has 1 unspecified atom stereocenters. The van der Waals surface area contributed by atoms with Crippen molar-refractivity contribution in [1.82, 2.24) is 0 Å². The van der Waals surface area contributed by atoms with Gasteiger partial charge in [-0.15, -0.1) is 0 Å². The highest BCUT2D eigenvalue weighted by Crippen LogP contribution is 2.17. The van der Waals surface area contributed by atoms with Gasteiger partial charge in [0.1, 0.15) is 0 Å². The molecule has 0 fully saturated rings. The molecule has 0 aliphatic carbocycles. The summed E-state index contributed by atoms with van der Waals surface area (Å²) >= 11 is 0. The topological polar surface area (TPSA) is 43.4 Å². The molecule has 1 atom stereocenters. The lowest BCUT2D eigenvalue weighted by Crippen LogP contribution is -2.15. The van der Waals surface area contributed by atoms with Crippen LogP contribution in [0.25, 0.3) is 0 Å². The van der Waals surface area contributed by atoms with Crippen LogP contribution in [0, 0.1) is 0 Å². The van der Waals surface area contributed by atoms with Crippen LogP contribution in [0.3, 0.4) is 0 Å². The minimum absolute atomic E-state index is 0.455. The van der Waals surface area contributed by atoms with Crippen molar-refractivity contribution < 1.29 is 12.6 Å². The van der Waals surface area contributed by atoms with Crippen LogP contribution in [-0.4, -0.2) is 20.8 Å². The molecular weight excluding hydrogens is 452 g/mol. The molecule has 0 rings (SSSR count). The molecule has 0 amide bonds. The Morgan fingerprint density at radius 1 is 0.600 bits per heavy atom. The highest BCUT2D eigenvalue weighted by Gasteiger charge is 2.12. The molecule has 3 nitrogen and oxygen atoms in total. The second kappa shape index (κ2) is 18.6. The maximum Gasteiger partial charge on any atom is 0.264 e. The second-order valence-corrected chi connectivity index (χ2v) is 12.1. The average Bonchev–Trinajstić information content (AvgIpc) is 2.70. The molecule has 200 valence electrons. The van der Waals surface area contributed by atoms with Crippen LogP contribution < -0.4 is 0 Å². The molecule has 0 aromatic heterocycles. The van der Waals surface area contributed by atoms with Crippen molar-refractivity contribution in [3.05, 3.63) is 69.9 Å². The predicted molar refractivity (Wildman–Crippen MR) is 155 cm³/mol. The smallest absolute Gasteiger partial charge is 0.262 e. The lowest BCUT2D eigenvalue weighted by atomic mass is 10.0. The summed E-state index contributed by atoms with van der Waals surface area (Å²) in [6.45, 7) is 17.1. The third kappa shape index (κ3) is 22.6. The van der Waals surface area contributed by atoms with Gasteiger partial charge in [0, 0.05) is 0 Å². The predicted octanol–water partition coefficient (Wildman–Crippen LogP) is 9.56. The zero-order valence-electron chi connectivity index (χ0n) is 24.0. The van der Waals surface area contributed by atoms with Gasteiger partial charge in [0.2, 0.25) is 0 Å². The molecule has 0 saturated heterocycles. The largest absolute Gasteiger partial charge is 0.264 e. The van der Waals surface area contributed by atoms with Crippen LogP contribution in [-0.2, 0) is 14.3 Å². The van der Waals surface area contributed by atoms with Crippen LogP contribution in [0.4, 0.5) is 0 Å². The van der Waals surface area contributed by atoms with Crippen LogP contribution in [0.15, 0.2) is 69.9 Å². The Morgan fingerprint density at radius 2 is 0.971 bits per heavy atom. The van der Waals surface area contributed by atoms with Gasteiger partial charge >= 0.3 is 0 Å². The fourth-order valence-corrected chi connectivity index (χ4v) is 4.24. The summed E-state index contributed by atoms with van der Waals surface area (Å²) in [6, 6.07) is 0. The summed E-state index contributed by atoms with van der Waals surface area (Å²) in [6.07, 6.45) is 22.7. The SMILES string of the molecule is CC(C)=CCCC(C)=CCCC(C)=CCC(C=C(C)CCC=C(C)CCC=C(C)C)OS(C)(=O)=O. The van der Waals surface area contributed by atoms with E-state index in [1.54, 1.807) is 0 Å². The van der Waals surface area contributed by atoms with E-state index in [1.807, 2.05) is 6.08 Å². The van der Waals surface area contributed by atoms with Gasteiger partial charge in [-0.1, -0.05) is 69.9 Å². The van der Waals surface area contributed by atoms with Crippen molar-refractivity contribution >= 4 is 10.1 Å². The average molecular weight is 505 g/mol. The first-order valence-electron chi connectivity index (χ1n) is 13.1. The van der Waals surface area contributed by atoms with Gasteiger partial charge < -0.3 is 0 Å². The molecule has 35 heavy (non-hydrogen) atoms. The Hall–Kier alpha value is -1.65. The Balaban J connectivity index is 4.87. The zero-order valence-corrected chi connectivity index (χ0v) is 24.9. The van der Waals surface area contributed by atoms with Gasteiger partial charge in [-0.25, -0.2) is 0 Å². The fourth-order valence-electron chi connectivity index (χ4n) is 3.65. The minimum Gasteiger partial charge on any atom is -0.262 e. The van der Waals surface area contributed by atoms with E-state index in [-0.39, 0.29) is 0 Å². The van der Waals surface area contributed by atoms with E-state index in [9.17, 15) is 8.42 Å². The standard InChI is InChI=1S/C31H52O3S/c1-25(2)14-10-16-27(5)18-12-20-29(7)22-23-31(34-35(9,32)33)24-30(8)21-13-19-28(6)17-11-15-26(3)4/h14-15,18-19,22,24,31H,10-13,16-17,20-21,23H2,1-9H3. The minimum atomic E-state index is -3.52. The summed E-state index contributed by atoms with van der Waals surface area (Å²) < 4.78 is 29.0. The van der Waals surface area contributed by atoms with E-state index in [4.69, 9.17) is 4.18 Å². The third-order valence-electron chi connectivity index (χ3n) is 5.71. The molecule has 0 aliphatic heterocycles. The summed E-state index contributed by atoms with van der Waals surface area (Å²) in [5, 5.41) is 0. The maximum atomic E-state index is 11.8. The Morgan fingerprint density at radius 3 is 1.37 bits per heavy atom. The van der Waals surface area contributed by atoms with Crippen molar-refractivity contribution in [2.45, 2.75) is 119 Å². The molecule has 0 aromatic carbocycles. The van der Waals surface area contributed by atoms with Crippen LogP contribution >= 0.6 is 0 Å². The van der Waals surface area contributed by atoms with Crippen molar-refractivity contribution in [2.75, 3.05) is 6.26 Å². The lowest BCUT2D eigenvalue weighted by Gasteiger charge is -2.13. The molecule has 0 saturated carbocycles. The lowest BCUT2D eigenvalue weighted by molar-refractivity contribution is 0.260. The van der Waals surface area contributed by atoms with Crippen molar-refractivity contribution in [3.8, 4) is 0 Å². The van der Waals surface area contributed by atoms with E-state index >= 15 is 0 Å². The molecule has 0 bridgehead atoms. The van der Waals surface area contributed by atoms with E-state index < -0.39 is 16.2 Å².